The fraction of sp³-hybridized carbons (Fsp3) is 0.300. The standard InChI is InChI=1S/C20H20FN3O/c1-24(13-18-22-20(23-25-18)16-7-8-16)19(14-5-3-2-4-6-14)15-9-11-17(21)12-10-15/h2-6,9-12,16,19H,7-8,13H2,1H3/t19-/m1/s1. The second kappa shape index (κ2) is 6.76. The minimum absolute atomic E-state index is 0.0157. The van der Waals surface area contributed by atoms with E-state index in [1.165, 1.54) is 12.1 Å². The van der Waals surface area contributed by atoms with Gasteiger partial charge in [0.1, 0.15) is 5.82 Å². The molecule has 5 heteroatoms. The SMILES string of the molecule is CN(Cc1nc(C2CC2)no1)[C@H](c1ccccc1)c1ccc(F)cc1. The van der Waals surface area contributed by atoms with Crippen molar-refractivity contribution in [2.75, 3.05) is 7.05 Å². The minimum Gasteiger partial charge on any atom is -0.338 e. The summed E-state index contributed by atoms with van der Waals surface area (Å²) in [6, 6.07) is 16.8. The van der Waals surface area contributed by atoms with E-state index in [2.05, 4.69) is 27.2 Å². The van der Waals surface area contributed by atoms with Crippen LogP contribution < -0.4 is 0 Å². The summed E-state index contributed by atoms with van der Waals surface area (Å²) in [6.07, 6.45) is 2.30. The van der Waals surface area contributed by atoms with Gasteiger partial charge < -0.3 is 4.52 Å². The highest BCUT2D eigenvalue weighted by atomic mass is 19.1. The molecule has 0 unspecified atom stereocenters. The molecule has 128 valence electrons. The Morgan fingerprint density at radius 2 is 1.76 bits per heavy atom. The van der Waals surface area contributed by atoms with Gasteiger partial charge in [0.15, 0.2) is 5.82 Å². The summed E-state index contributed by atoms with van der Waals surface area (Å²) in [5.74, 6) is 1.68. The molecular weight excluding hydrogens is 317 g/mol. The van der Waals surface area contributed by atoms with Crippen molar-refractivity contribution in [3.63, 3.8) is 0 Å². The average molecular weight is 337 g/mol. The van der Waals surface area contributed by atoms with Crippen LogP contribution in [0.2, 0.25) is 0 Å². The molecule has 1 atom stereocenters. The number of hydrogen-bond acceptors (Lipinski definition) is 4. The van der Waals surface area contributed by atoms with Crippen LogP contribution in [0.5, 0.6) is 0 Å². The van der Waals surface area contributed by atoms with Crippen molar-refractivity contribution >= 4 is 0 Å². The largest absolute Gasteiger partial charge is 0.338 e. The van der Waals surface area contributed by atoms with E-state index in [1.807, 2.05) is 37.4 Å². The Hall–Kier alpha value is -2.53. The maximum Gasteiger partial charge on any atom is 0.240 e. The lowest BCUT2D eigenvalue weighted by molar-refractivity contribution is 0.229. The van der Waals surface area contributed by atoms with Crippen molar-refractivity contribution in [1.82, 2.24) is 15.0 Å². The summed E-state index contributed by atoms with van der Waals surface area (Å²) in [6.45, 7) is 0.538. The van der Waals surface area contributed by atoms with Crippen LogP contribution in [0.1, 0.15) is 47.6 Å². The summed E-state index contributed by atoms with van der Waals surface area (Å²) in [7, 11) is 2.02. The van der Waals surface area contributed by atoms with Gasteiger partial charge in [0.2, 0.25) is 5.89 Å². The van der Waals surface area contributed by atoms with Crippen LogP contribution in [0.3, 0.4) is 0 Å². The van der Waals surface area contributed by atoms with Gasteiger partial charge in [-0.2, -0.15) is 4.98 Å². The maximum absolute atomic E-state index is 13.3. The molecule has 25 heavy (non-hydrogen) atoms. The Morgan fingerprint density at radius 1 is 1.08 bits per heavy atom. The molecule has 0 N–H and O–H groups in total. The van der Waals surface area contributed by atoms with E-state index >= 15 is 0 Å². The van der Waals surface area contributed by atoms with Gasteiger partial charge in [-0.25, -0.2) is 4.39 Å². The summed E-state index contributed by atoms with van der Waals surface area (Å²) >= 11 is 0. The van der Waals surface area contributed by atoms with Crippen LogP contribution in [0.15, 0.2) is 59.1 Å². The molecule has 4 nitrogen and oxygen atoms in total. The molecule has 1 aliphatic carbocycles. The monoisotopic (exact) mass is 337 g/mol. The Labute approximate surface area is 146 Å². The first kappa shape index (κ1) is 16.0. The first-order valence-electron chi connectivity index (χ1n) is 8.54. The summed E-state index contributed by atoms with van der Waals surface area (Å²) in [5.41, 5.74) is 2.16. The zero-order valence-corrected chi connectivity index (χ0v) is 14.1. The second-order valence-electron chi connectivity index (χ2n) is 6.60. The highest BCUT2D eigenvalue weighted by Gasteiger charge is 2.29. The van der Waals surface area contributed by atoms with Crippen LogP contribution in [-0.4, -0.2) is 22.1 Å². The van der Waals surface area contributed by atoms with E-state index in [0.29, 0.717) is 18.4 Å². The molecule has 0 radical (unpaired) electrons. The molecule has 4 rings (SSSR count). The highest BCUT2D eigenvalue weighted by Crippen LogP contribution is 2.38. The van der Waals surface area contributed by atoms with Gasteiger partial charge in [0, 0.05) is 5.92 Å². The van der Waals surface area contributed by atoms with E-state index in [9.17, 15) is 4.39 Å². The molecule has 2 aromatic carbocycles. The summed E-state index contributed by atoms with van der Waals surface area (Å²) in [4.78, 5) is 6.66. The lowest BCUT2D eigenvalue weighted by Gasteiger charge is -2.27. The first-order valence-corrected chi connectivity index (χ1v) is 8.54. The topological polar surface area (TPSA) is 42.2 Å². The maximum atomic E-state index is 13.3. The molecule has 1 aromatic heterocycles. The van der Waals surface area contributed by atoms with E-state index < -0.39 is 0 Å². The normalized spacial score (nSPS) is 15.5. The molecule has 1 heterocycles. The Morgan fingerprint density at radius 3 is 2.44 bits per heavy atom. The van der Waals surface area contributed by atoms with Gasteiger partial charge in [-0.15, -0.1) is 0 Å². The third kappa shape index (κ3) is 3.61. The molecule has 1 fully saturated rings. The third-order valence-corrected chi connectivity index (χ3v) is 4.55. The number of hydrogen-bond donors (Lipinski definition) is 0. The van der Waals surface area contributed by atoms with Crippen molar-refractivity contribution in [3.05, 3.63) is 83.3 Å². The molecule has 1 aliphatic rings. The van der Waals surface area contributed by atoms with Gasteiger partial charge in [0.25, 0.3) is 0 Å². The van der Waals surface area contributed by atoms with Crippen LogP contribution in [0.4, 0.5) is 4.39 Å². The zero-order valence-electron chi connectivity index (χ0n) is 14.1. The minimum atomic E-state index is -0.232. The summed E-state index contributed by atoms with van der Waals surface area (Å²) in [5, 5.41) is 4.09. The Balaban J connectivity index is 1.60. The van der Waals surface area contributed by atoms with Gasteiger partial charge in [-0.3, -0.25) is 4.90 Å². The van der Waals surface area contributed by atoms with E-state index in [-0.39, 0.29) is 11.9 Å². The second-order valence-corrected chi connectivity index (χ2v) is 6.60. The predicted molar refractivity (Wildman–Crippen MR) is 92.4 cm³/mol. The molecule has 0 aliphatic heterocycles. The predicted octanol–water partition coefficient (Wildman–Crippen LogP) is 4.31. The zero-order chi connectivity index (χ0) is 17.2. The first-order chi connectivity index (χ1) is 12.2. The number of halogens is 1. The van der Waals surface area contributed by atoms with E-state index in [0.717, 1.165) is 29.8 Å². The number of rotatable bonds is 6. The van der Waals surface area contributed by atoms with Gasteiger partial charge >= 0.3 is 0 Å². The molecule has 0 spiro atoms. The van der Waals surface area contributed by atoms with Gasteiger partial charge in [-0.05, 0) is 43.1 Å². The van der Waals surface area contributed by atoms with Gasteiger partial charge in [-0.1, -0.05) is 47.6 Å². The van der Waals surface area contributed by atoms with Crippen molar-refractivity contribution in [3.8, 4) is 0 Å². The lowest BCUT2D eigenvalue weighted by atomic mass is 9.97. The number of aromatic nitrogens is 2. The molecular formula is C20H20FN3O. The van der Waals surface area contributed by atoms with E-state index in [4.69, 9.17) is 4.52 Å². The lowest BCUT2D eigenvalue weighted by Crippen LogP contribution is -2.25. The van der Waals surface area contributed by atoms with Crippen molar-refractivity contribution in [1.29, 1.82) is 0 Å². The van der Waals surface area contributed by atoms with Crippen LogP contribution in [0, 0.1) is 5.82 Å². The third-order valence-electron chi connectivity index (χ3n) is 4.55. The van der Waals surface area contributed by atoms with E-state index in [1.54, 1.807) is 0 Å². The van der Waals surface area contributed by atoms with Gasteiger partial charge in [0.05, 0.1) is 12.6 Å². The fourth-order valence-corrected chi connectivity index (χ4v) is 3.13. The van der Waals surface area contributed by atoms with Crippen molar-refractivity contribution in [2.24, 2.45) is 0 Å². The molecule has 0 bridgehead atoms. The highest BCUT2D eigenvalue weighted by molar-refractivity contribution is 5.32. The van der Waals surface area contributed by atoms with Crippen LogP contribution >= 0.6 is 0 Å². The smallest absolute Gasteiger partial charge is 0.240 e. The van der Waals surface area contributed by atoms with Crippen molar-refractivity contribution < 1.29 is 8.91 Å². The van der Waals surface area contributed by atoms with Crippen LogP contribution in [-0.2, 0) is 6.54 Å². The average Bonchev–Trinajstić information content (AvgIpc) is 3.38. The Kier molecular flexibility index (Phi) is 4.32. The molecule has 0 saturated heterocycles. The molecule has 1 saturated carbocycles. The van der Waals surface area contributed by atoms with Crippen molar-refractivity contribution in [2.45, 2.75) is 31.3 Å². The number of nitrogens with zero attached hydrogens (tertiary/aromatic N) is 3. The quantitative estimate of drug-likeness (QED) is 0.672. The van der Waals surface area contributed by atoms with Crippen LogP contribution in [0.25, 0.3) is 0 Å². The fourth-order valence-electron chi connectivity index (χ4n) is 3.13. The number of benzene rings is 2. The Bertz CT molecular complexity index is 828. The molecule has 0 amide bonds. The summed E-state index contributed by atoms with van der Waals surface area (Å²) < 4.78 is 18.8. The molecule has 3 aromatic rings.